The lowest BCUT2D eigenvalue weighted by molar-refractivity contribution is -0.119. The zero-order valence-electron chi connectivity index (χ0n) is 12.9. The van der Waals surface area contributed by atoms with E-state index >= 15 is 0 Å². The fourth-order valence-corrected chi connectivity index (χ4v) is 1.94. The van der Waals surface area contributed by atoms with E-state index in [9.17, 15) is 4.79 Å². The third-order valence-electron chi connectivity index (χ3n) is 3.39. The number of carbonyl (C=O) groups excluding carboxylic acids is 1. The summed E-state index contributed by atoms with van der Waals surface area (Å²) in [4.78, 5) is 12.3. The van der Waals surface area contributed by atoms with Gasteiger partial charge in [0, 0.05) is 5.69 Å². The smallest absolute Gasteiger partial charge is 0.241 e. The lowest BCUT2D eigenvalue weighted by Gasteiger charge is -2.27. The molecule has 0 aliphatic carbocycles. The minimum Gasteiger partial charge on any atom is -0.324 e. The average molecular weight is 262 g/mol. The molecule has 0 saturated carbocycles. The number of aryl methyl sites for hydroxylation is 1. The van der Waals surface area contributed by atoms with Crippen LogP contribution in [0.15, 0.2) is 18.2 Å². The molecule has 0 aromatic heterocycles. The summed E-state index contributed by atoms with van der Waals surface area (Å²) in [6.45, 7) is 12.2. The van der Waals surface area contributed by atoms with Gasteiger partial charge in [-0.3, -0.25) is 4.79 Å². The van der Waals surface area contributed by atoms with Crippen LogP contribution in [0.2, 0.25) is 0 Å². The molecule has 0 fully saturated rings. The van der Waals surface area contributed by atoms with E-state index in [1.54, 1.807) is 0 Å². The van der Waals surface area contributed by atoms with Gasteiger partial charge in [0.2, 0.25) is 5.91 Å². The molecule has 0 heterocycles. The van der Waals surface area contributed by atoms with Crippen molar-refractivity contribution in [3.8, 4) is 0 Å². The van der Waals surface area contributed by atoms with Gasteiger partial charge in [-0.05, 0) is 29.4 Å². The van der Waals surface area contributed by atoms with Crippen molar-refractivity contribution in [1.29, 1.82) is 0 Å². The highest BCUT2D eigenvalue weighted by molar-refractivity contribution is 5.96. The van der Waals surface area contributed by atoms with Gasteiger partial charge < -0.3 is 11.1 Å². The van der Waals surface area contributed by atoms with E-state index in [0.29, 0.717) is 5.92 Å². The van der Waals surface area contributed by atoms with Crippen LogP contribution in [0.25, 0.3) is 0 Å². The van der Waals surface area contributed by atoms with E-state index in [1.807, 2.05) is 39.8 Å². The van der Waals surface area contributed by atoms with Crippen molar-refractivity contribution < 1.29 is 4.79 Å². The summed E-state index contributed by atoms with van der Waals surface area (Å²) in [5, 5.41) is 3.00. The number of nitrogens with two attached hydrogens (primary N) is 1. The molecule has 0 spiro atoms. The standard InChI is InChI=1S/C16H26N2O/c1-10(2)12-9-7-8-11(3)13(12)18-15(19)14(17)16(4,5)6/h7-10,14H,17H2,1-6H3,(H,18,19). The van der Waals surface area contributed by atoms with E-state index in [-0.39, 0.29) is 11.3 Å². The molecule has 1 amide bonds. The van der Waals surface area contributed by atoms with Crippen molar-refractivity contribution in [3.05, 3.63) is 29.3 Å². The highest BCUT2D eigenvalue weighted by Crippen LogP contribution is 2.28. The summed E-state index contributed by atoms with van der Waals surface area (Å²) >= 11 is 0. The molecule has 1 aromatic rings. The quantitative estimate of drug-likeness (QED) is 0.876. The number of hydrogen-bond donors (Lipinski definition) is 2. The number of nitrogens with one attached hydrogen (secondary N) is 1. The molecule has 0 bridgehead atoms. The molecule has 1 rings (SSSR count). The van der Waals surface area contributed by atoms with Crippen molar-refractivity contribution in [2.75, 3.05) is 5.32 Å². The Morgan fingerprint density at radius 1 is 1.26 bits per heavy atom. The number of carbonyl (C=O) groups is 1. The van der Waals surface area contributed by atoms with Crippen molar-refractivity contribution in [2.24, 2.45) is 11.1 Å². The number of anilines is 1. The highest BCUT2D eigenvalue weighted by atomic mass is 16.2. The molecule has 3 heteroatoms. The van der Waals surface area contributed by atoms with Gasteiger partial charge in [0.15, 0.2) is 0 Å². The Labute approximate surface area is 116 Å². The van der Waals surface area contributed by atoms with Gasteiger partial charge in [-0.1, -0.05) is 52.8 Å². The molecule has 1 unspecified atom stereocenters. The summed E-state index contributed by atoms with van der Waals surface area (Å²) < 4.78 is 0. The molecule has 0 aliphatic heterocycles. The van der Waals surface area contributed by atoms with Crippen molar-refractivity contribution in [1.82, 2.24) is 0 Å². The van der Waals surface area contributed by atoms with E-state index in [1.165, 1.54) is 0 Å². The molecule has 1 atom stereocenters. The normalized spacial score (nSPS) is 13.5. The summed E-state index contributed by atoms with van der Waals surface area (Å²) in [5.41, 5.74) is 8.88. The predicted octanol–water partition coefficient (Wildman–Crippen LogP) is 3.43. The maximum Gasteiger partial charge on any atom is 0.241 e. The Kier molecular flexibility index (Phi) is 4.75. The van der Waals surface area contributed by atoms with E-state index in [0.717, 1.165) is 16.8 Å². The molecule has 3 nitrogen and oxygen atoms in total. The van der Waals surface area contributed by atoms with Gasteiger partial charge in [-0.25, -0.2) is 0 Å². The van der Waals surface area contributed by atoms with Crippen molar-refractivity contribution in [2.45, 2.75) is 53.5 Å². The fourth-order valence-electron chi connectivity index (χ4n) is 1.94. The van der Waals surface area contributed by atoms with Crippen LogP contribution >= 0.6 is 0 Å². The highest BCUT2D eigenvalue weighted by Gasteiger charge is 2.28. The molecular weight excluding hydrogens is 236 g/mol. The van der Waals surface area contributed by atoms with Crippen molar-refractivity contribution in [3.63, 3.8) is 0 Å². The van der Waals surface area contributed by atoms with Gasteiger partial charge in [0.25, 0.3) is 0 Å². The van der Waals surface area contributed by atoms with Gasteiger partial charge >= 0.3 is 0 Å². The van der Waals surface area contributed by atoms with Crippen LogP contribution in [0.3, 0.4) is 0 Å². The Hall–Kier alpha value is -1.35. The maximum absolute atomic E-state index is 12.3. The second-order valence-electron chi connectivity index (χ2n) is 6.53. The van der Waals surface area contributed by atoms with E-state index < -0.39 is 6.04 Å². The van der Waals surface area contributed by atoms with Crippen LogP contribution < -0.4 is 11.1 Å². The third-order valence-corrected chi connectivity index (χ3v) is 3.39. The first-order valence-corrected chi connectivity index (χ1v) is 6.80. The Balaban J connectivity index is 3.03. The van der Waals surface area contributed by atoms with Gasteiger partial charge in [0.1, 0.15) is 0 Å². The molecule has 0 radical (unpaired) electrons. The van der Waals surface area contributed by atoms with Gasteiger partial charge in [0.05, 0.1) is 6.04 Å². The largest absolute Gasteiger partial charge is 0.324 e. The molecule has 19 heavy (non-hydrogen) atoms. The molecule has 3 N–H and O–H groups in total. The van der Waals surface area contributed by atoms with Gasteiger partial charge in [-0.2, -0.15) is 0 Å². The minimum absolute atomic E-state index is 0.122. The number of rotatable bonds is 3. The SMILES string of the molecule is Cc1cccc(C(C)C)c1NC(=O)C(N)C(C)(C)C. The second kappa shape index (κ2) is 5.74. The van der Waals surface area contributed by atoms with Crippen LogP contribution in [-0.4, -0.2) is 11.9 Å². The van der Waals surface area contributed by atoms with Crippen LogP contribution in [0.4, 0.5) is 5.69 Å². The summed E-state index contributed by atoms with van der Waals surface area (Å²) in [6, 6.07) is 5.55. The Bertz CT molecular complexity index is 458. The Morgan fingerprint density at radius 2 is 1.84 bits per heavy atom. The zero-order valence-corrected chi connectivity index (χ0v) is 12.9. The topological polar surface area (TPSA) is 55.1 Å². The first-order chi connectivity index (χ1) is 8.64. The van der Waals surface area contributed by atoms with Crippen LogP contribution in [-0.2, 0) is 4.79 Å². The van der Waals surface area contributed by atoms with Crippen LogP contribution in [0, 0.1) is 12.3 Å². The Morgan fingerprint density at radius 3 is 2.32 bits per heavy atom. The van der Waals surface area contributed by atoms with Gasteiger partial charge in [-0.15, -0.1) is 0 Å². The van der Waals surface area contributed by atoms with E-state index in [2.05, 4.69) is 25.2 Å². The molecular formula is C16H26N2O. The predicted molar refractivity (Wildman–Crippen MR) is 81.3 cm³/mol. The lowest BCUT2D eigenvalue weighted by Crippen LogP contribution is -2.45. The summed E-state index contributed by atoms with van der Waals surface area (Å²) in [6.07, 6.45) is 0. The monoisotopic (exact) mass is 262 g/mol. The number of benzene rings is 1. The number of para-hydroxylation sites is 1. The second-order valence-corrected chi connectivity index (χ2v) is 6.53. The summed E-state index contributed by atoms with van der Waals surface area (Å²) in [5.74, 6) is 0.241. The molecule has 106 valence electrons. The van der Waals surface area contributed by atoms with Crippen LogP contribution in [0.1, 0.15) is 51.7 Å². The first-order valence-electron chi connectivity index (χ1n) is 6.80. The summed E-state index contributed by atoms with van der Waals surface area (Å²) in [7, 11) is 0. The van der Waals surface area contributed by atoms with Crippen LogP contribution in [0.5, 0.6) is 0 Å². The molecule has 0 aliphatic rings. The molecule has 1 aromatic carbocycles. The minimum atomic E-state index is -0.521. The van der Waals surface area contributed by atoms with E-state index in [4.69, 9.17) is 5.73 Å². The number of hydrogen-bond acceptors (Lipinski definition) is 2. The lowest BCUT2D eigenvalue weighted by atomic mass is 9.86. The third kappa shape index (κ3) is 3.80. The fraction of sp³-hybridized carbons (Fsp3) is 0.562. The number of amides is 1. The zero-order chi connectivity index (χ0) is 14.8. The average Bonchev–Trinajstić information content (AvgIpc) is 2.29. The first kappa shape index (κ1) is 15.7. The van der Waals surface area contributed by atoms with Crippen molar-refractivity contribution >= 4 is 11.6 Å². The maximum atomic E-state index is 12.3. The molecule has 0 saturated heterocycles.